The van der Waals surface area contributed by atoms with Gasteiger partial charge in [-0.1, -0.05) is 23.7 Å². The van der Waals surface area contributed by atoms with Gasteiger partial charge in [0.05, 0.1) is 5.02 Å². The molecular formula is C16H20ClNO2. The third-order valence-corrected chi connectivity index (χ3v) is 3.26. The molecule has 0 bridgehead atoms. The molecule has 0 amide bonds. The largest absolute Gasteiger partial charge is 0.484 e. The fourth-order valence-corrected chi connectivity index (χ4v) is 2.10. The van der Waals surface area contributed by atoms with Gasteiger partial charge in [-0.25, -0.2) is 0 Å². The van der Waals surface area contributed by atoms with Gasteiger partial charge in [-0.2, -0.15) is 0 Å². The van der Waals surface area contributed by atoms with Crippen molar-refractivity contribution >= 4 is 11.6 Å². The predicted molar refractivity (Wildman–Crippen MR) is 81.4 cm³/mol. The molecule has 20 heavy (non-hydrogen) atoms. The van der Waals surface area contributed by atoms with Crippen LogP contribution in [0.25, 0.3) is 0 Å². The Morgan fingerprint density at radius 3 is 2.60 bits per heavy atom. The van der Waals surface area contributed by atoms with E-state index in [9.17, 15) is 0 Å². The first kappa shape index (κ1) is 14.9. The quantitative estimate of drug-likeness (QED) is 0.771. The summed E-state index contributed by atoms with van der Waals surface area (Å²) in [5.41, 5.74) is 0. The van der Waals surface area contributed by atoms with Gasteiger partial charge >= 0.3 is 0 Å². The van der Waals surface area contributed by atoms with E-state index in [0.29, 0.717) is 17.4 Å². The highest BCUT2D eigenvalue weighted by Crippen LogP contribution is 2.24. The van der Waals surface area contributed by atoms with Gasteiger partial charge in [0.25, 0.3) is 0 Å². The van der Waals surface area contributed by atoms with Crippen LogP contribution in [-0.4, -0.2) is 25.5 Å². The molecule has 2 rings (SSSR count). The van der Waals surface area contributed by atoms with E-state index in [2.05, 4.69) is 19.0 Å². The average Bonchev–Trinajstić information content (AvgIpc) is 2.85. The Bertz CT molecular complexity index is 537. The summed E-state index contributed by atoms with van der Waals surface area (Å²) in [6, 6.07) is 11.4. The van der Waals surface area contributed by atoms with Gasteiger partial charge in [-0.05, 0) is 51.3 Å². The summed E-state index contributed by atoms with van der Waals surface area (Å²) in [4.78, 5) is 2.17. The van der Waals surface area contributed by atoms with Gasteiger partial charge in [-0.15, -0.1) is 0 Å². The van der Waals surface area contributed by atoms with Gasteiger partial charge in [0.2, 0.25) is 0 Å². The molecule has 4 heteroatoms. The molecule has 0 spiro atoms. The number of aryl methyl sites for hydroxylation is 1. The van der Waals surface area contributed by atoms with Crippen molar-refractivity contribution in [2.75, 3.05) is 20.6 Å². The lowest BCUT2D eigenvalue weighted by Crippen LogP contribution is -2.13. The molecule has 108 valence electrons. The third kappa shape index (κ3) is 4.58. The van der Waals surface area contributed by atoms with Crippen molar-refractivity contribution in [2.45, 2.75) is 19.4 Å². The minimum Gasteiger partial charge on any atom is -0.484 e. The fraction of sp³-hybridized carbons (Fsp3) is 0.375. The molecule has 1 heterocycles. The zero-order valence-corrected chi connectivity index (χ0v) is 12.7. The van der Waals surface area contributed by atoms with Crippen molar-refractivity contribution < 1.29 is 9.15 Å². The topological polar surface area (TPSA) is 25.6 Å². The summed E-state index contributed by atoms with van der Waals surface area (Å²) in [6.45, 7) is 1.46. The van der Waals surface area contributed by atoms with Gasteiger partial charge in [-0.3, -0.25) is 0 Å². The Labute approximate surface area is 125 Å². The van der Waals surface area contributed by atoms with Gasteiger partial charge in [0.15, 0.2) is 0 Å². The molecule has 0 aliphatic heterocycles. The van der Waals surface area contributed by atoms with Crippen LogP contribution < -0.4 is 4.74 Å². The third-order valence-electron chi connectivity index (χ3n) is 2.95. The Morgan fingerprint density at radius 1 is 1.10 bits per heavy atom. The van der Waals surface area contributed by atoms with Crippen molar-refractivity contribution in [2.24, 2.45) is 0 Å². The molecule has 0 atom stereocenters. The molecule has 0 saturated carbocycles. The first-order valence-corrected chi connectivity index (χ1v) is 7.12. The number of benzene rings is 1. The molecule has 1 aromatic carbocycles. The van der Waals surface area contributed by atoms with Gasteiger partial charge in [0.1, 0.15) is 23.9 Å². The van der Waals surface area contributed by atoms with E-state index in [-0.39, 0.29) is 0 Å². The summed E-state index contributed by atoms with van der Waals surface area (Å²) in [7, 11) is 4.15. The molecule has 0 aliphatic carbocycles. The summed E-state index contributed by atoms with van der Waals surface area (Å²) < 4.78 is 11.4. The molecule has 0 fully saturated rings. The van der Waals surface area contributed by atoms with Crippen LogP contribution in [-0.2, 0) is 13.0 Å². The number of halogens is 1. The SMILES string of the molecule is CN(C)CCCc1ccc(COc2ccccc2Cl)o1. The number of furan rings is 1. The molecule has 0 aliphatic rings. The summed E-state index contributed by atoms with van der Waals surface area (Å²) >= 11 is 6.03. The van der Waals surface area contributed by atoms with E-state index in [1.165, 1.54) is 0 Å². The minimum atomic E-state index is 0.400. The highest BCUT2D eigenvalue weighted by Gasteiger charge is 2.05. The number of nitrogens with zero attached hydrogens (tertiary/aromatic N) is 1. The second-order valence-corrected chi connectivity index (χ2v) is 5.40. The maximum atomic E-state index is 6.03. The lowest BCUT2D eigenvalue weighted by atomic mass is 10.2. The van der Waals surface area contributed by atoms with Crippen LogP contribution in [0.3, 0.4) is 0 Å². The molecule has 0 unspecified atom stereocenters. The minimum absolute atomic E-state index is 0.400. The zero-order chi connectivity index (χ0) is 14.4. The van der Waals surface area contributed by atoms with Crippen LogP contribution in [0.1, 0.15) is 17.9 Å². The van der Waals surface area contributed by atoms with E-state index in [0.717, 1.165) is 30.9 Å². The molecule has 0 N–H and O–H groups in total. The van der Waals surface area contributed by atoms with Crippen LogP contribution in [0.5, 0.6) is 5.75 Å². The molecule has 2 aromatic rings. The number of rotatable bonds is 7. The van der Waals surface area contributed by atoms with Crippen LogP contribution in [0.2, 0.25) is 5.02 Å². The Balaban J connectivity index is 1.82. The predicted octanol–water partition coefficient (Wildman–Crippen LogP) is 4.01. The van der Waals surface area contributed by atoms with Crippen molar-refractivity contribution in [1.29, 1.82) is 0 Å². The van der Waals surface area contributed by atoms with E-state index in [1.807, 2.05) is 36.4 Å². The van der Waals surface area contributed by atoms with Crippen LogP contribution in [0, 0.1) is 0 Å². The number of hydrogen-bond acceptors (Lipinski definition) is 3. The molecular weight excluding hydrogens is 274 g/mol. The molecule has 0 saturated heterocycles. The Hall–Kier alpha value is -1.45. The molecule has 0 radical (unpaired) electrons. The second-order valence-electron chi connectivity index (χ2n) is 4.99. The van der Waals surface area contributed by atoms with Gasteiger partial charge < -0.3 is 14.1 Å². The first-order valence-electron chi connectivity index (χ1n) is 6.75. The maximum absolute atomic E-state index is 6.03. The van der Waals surface area contributed by atoms with Crippen LogP contribution in [0.15, 0.2) is 40.8 Å². The lowest BCUT2D eigenvalue weighted by molar-refractivity contribution is 0.265. The normalized spacial score (nSPS) is 11.0. The van der Waals surface area contributed by atoms with E-state index < -0.39 is 0 Å². The Morgan fingerprint density at radius 2 is 1.85 bits per heavy atom. The van der Waals surface area contributed by atoms with Crippen LogP contribution >= 0.6 is 11.6 Å². The molecule has 1 aromatic heterocycles. The fourth-order valence-electron chi connectivity index (χ4n) is 1.91. The first-order chi connectivity index (χ1) is 9.65. The van der Waals surface area contributed by atoms with Crippen molar-refractivity contribution in [1.82, 2.24) is 4.90 Å². The standard InChI is InChI=1S/C16H20ClNO2/c1-18(2)11-5-6-13-9-10-14(20-13)12-19-16-8-4-3-7-15(16)17/h3-4,7-10H,5-6,11-12H2,1-2H3. The summed E-state index contributed by atoms with van der Waals surface area (Å²) in [6.07, 6.45) is 2.04. The molecule has 3 nitrogen and oxygen atoms in total. The average molecular weight is 294 g/mol. The van der Waals surface area contributed by atoms with E-state index >= 15 is 0 Å². The van der Waals surface area contributed by atoms with Crippen molar-refractivity contribution in [3.8, 4) is 5.75 Å². The number of hydrogen-bond donors (Lipinski definition) is 0. The smallest absolute Gasteiger partial charge is 0.146 e. The highest BCUT2D eigenvalue weighted by atomic mass is 35.5. The van der Waals surface area contributed by atoms with Crippen molar-refractivity contribution in [3.05, 3.63) is 52.9 Å². The van der Waals surface area contributed by atoms with E-state index in [1.54, 1.807) is 0 Å². The summed E-state index contributed by atoms with van der Waals surface area (Å²) in [5.74, 6) is 2.51. The number of ether oxygens (including phenoxy) is 1. The second kappa shape index (κ2) is 7.36. The highest BCUT2D eigenvalue weighted by molar-refractivity contribution is 6.32. The van der Waals surface area contributed by atoms with Gasteiger partial charge in [0, 0.05) is 6.42 Å². The Kier molecular flexibility index (Phi) is 5.50. The monoisotopic (exact) mass is 293 g/mol. The maximum Gasteiger partial charge on any atom is 0.146 e. The van der Waals surface area contributed by atoms with Crippen LogP contribution in [0.4, 0.5) is 0 Å². The summed E-state index contributed by atoms with van der Waals surface area (Å²) in [5, 5.41) is 0.616. The zero-order valence-electron chi connectivity index (χ0n) is 11.9. The number of para-hydroxylation sites is 1. The lowest BCUT2D eigenvalue weighted by Gasteiger charge is -2.07. The van der Waals surface area contributed by atoms with Crippen molar-refractivity contribution in [3.63, 3.8) is 0 Å². The van der Waals surface area contributed by atoms with E-state index in [4.69, 9.17) is 20.8 Å².